The number of nitro benzene ring substituents is 1. The second kappa shape index (κ2) is 8.54. The van der Waals surface area contributed by atoms with Gasteiger partial charge in [-0.05, 0) is 36.4 Å². The van der Waals surface area contributed by atoms with Crippen molar-refractivity contribution >= 4 is 27.1 Å². The average Bonchev–Trinajstić information content (AvgIpc) is 2.65. The van der Waals surface area contributed by atoms with E-state index in [0.717, 1.165) is 24.3 Å². The molecule has 0 fully saturated rings. The number of benzene rings is 2. The van der Waals surface area contributed by atoms with Crippen LogP contribution in [0.25, 0.3) is 0 Å². The number of hydrogen-bond donors (Lipinski definition) is 2. The lowest BCUT2D eigenvalue weighted by atomic mass is 10.2. The van der Waals surface area contributed by atoms with Crippen molar-refractivity contribution in [2.45, 2.75) is 10.7 Å². The number of amides is 1. The first-order valence-corrected chi connectivity index (χ1v) is 9.15. The molecule has 0 saturated carbocycles. The molecule has 0 aliphatic rings. The molecule has 0 bridgehead atoms. The highest BCUT2D eigenvalue weighted by molar-refractivity contribution is 7.91. The third-order valence-corrected chi connectivity index (χ3v) is 4.90. The van der Waals surface area contributed by atoms with E-state index >= 15 is 0 Å². The fourth-order valence-corrected chi connectivity index (χ4v) is 2.81. The van der Waals surface area contributed by atoms with Crippen LogP contribution in [0.3, 0.4) is 0 Å². The smallest absolute Gasteiger partial charge is 0.341 e. The standard InChI is InChI=1S/C16H15F2N3O5S/c17-16(18)27(25,26)14-7-1-11(2-8-14)15(22)20-10-9-19-12-3-5-13(6-4-12)21(23)24/h1-8,16,19H,9-10H2,(H,20,22). The van der Waals surface area contributed by atoms with Gasteiger partial charge in [0, 0.05) is 36.5 Å². The summed E-state index contributed by atoms with van der Waals surface area (Å²) in [6, 6.07) is 9.94. The molecule has 0 aliphatic carbocycles. The van der Waals surface area contributed by atoms with Crippen LogP contribution in [-0.4, -0.2) is 38.1 Å². The SMILES string of the molecule is O=C(NCCNc1ccc([N+](=O)[O-])cc1)c1ccc(S(=O)(=O)C(F)F)cc1. The van der Waals surface area contributed by atoms with Crippen LogP contribution in [0.15, 0.2) is 53.4 Å². The molecule has 0 atom stereocenters. The Morgan fingerprint density at radius 2 is 1.63 bits per heavy atom. The lowest BCUT2D eigenvalue weighted by molar-refractivity contribution is -0.384. The van der Waals surface area contributed by atoms with Crippen LogP contribution in [-0.2, 0) is 9.84 Å². The molecule has 11 heteroatoms. The maximum atomic E-state index is 12.5. The highest BCUT2D eigenvalue weighted by Gasteiger charge is 2.26. The molecule has 27 heavy (non-hydrogen) atoms. The topological polar surface area (TPSA) is 118 Å². The van der Waals surface area contributed by atoms with Gasteiger partial charge in [-0.3, -0.25) is 14.9 Å². The lowest BCUT2D eigenvalue weighted by Gasteiger charge is -2.08. The quantitative estimate of drug-likeness (QED) is 0.400. The van der Waals surface area contributed by atoms with Crippen molar-refractivity contribution in [3.63, 3.8) is 0 Å². The van der Waals surface area contributed by atoms with E-state index in [1.54, 1.807) is 0 Å². The second-order valence-corrected chi connectivity index (χ2v) is 7.23. The molecule has 8 nitrogen and oxygen atoms in total. The molecule has 2 aromatic carbocycles. The normalized spacial score (nSPS) is 11.2. The Kier molecular flexibility index (Phi) is 6.40. The van der Waals surface area contributed by atoms with E-state index in [0.29, 0.717) is 12.2 Å². The number of halogens is 2. The molecule has 0 radical (unpaired) electrons. The summed E-state index contributed by atoms with van der Waals surface area (Å²) in [6.07, 6.45) is 0. The van der Waals surface area contributed by atoms with Gasteiger partial charge in [-0.2, -0.15) is 8.78 Å². The molecule has 0 aliphatic heterocycles. The van der Waals surface area contributed by atoms with E-state index in [9.17, 15) is 32.1 Å². The first-order chi connectivity index (χ1) is 12.7. The van der Waals surface area contributed by atoms with Crippen LogP contribution in [0.4, 0.5) is 20.2 Å². The molecule has 2 rings (SSSR count). The van der Waals surface area contributed by atoms with Gasteiger partial charge in [0.25, 0.3) is 11.6 Å². The van der Waals surface area contributed by atoms with Gasteiger partial charge >= 0.3 is 5.76 Å². The number of anilines is 1. The number of alkyl halides is 2. The third kappa shape index (κ3) is 5.20. The Labute approximate surface area is 153 Å². The predicted molar refractivity (Wildman–Crippen MR) is 93.6 cm³/mol. The molecular weight excluding hydrogens is 384 g/mol. The van der Waals surface area contributed by atoms with Crippen molar-refractivity contribution in [3.05, 3.63) is 64.2 Å². The van der Waals surface area contributed by atoms with Crippen LogP contribution >= 0.6 is 0 Å². The summed E-state index contributed by atoms with van der Waals surface area (Å²) in [7, 11) is -4.70. The highest BCUT2D eigenvalue weighted by atomic mass is 32.2. The number of nitro groups is 1. The van der Waals surface area contributed by atoms with Crippen LogP contribution in [0.5, 0.6) is 0 Å². The van der Waals surface area contributed by atoms with Crippen molar-refractivity contribution < 1.29 is 26.9 Å². The zero-order valence-electron chi connectivity index (χ0n) is 13.8. The van der Waals surface area contributed by atoms with Crippen LogP contribution in [0.1, 0.15) is 10.4 Å². The maximum absolute atomic E-state index is 12.5. The van der Waals surface area contributed by atoms with E-state index < -0.39 is 31.3 Å². The summed E-state index contributed by atoms with van der Waals surface area (Å²) in [4.78, 5) is 21.4. The van der Waals surface area contributed by atoms with Crippen LogP contribution < -0.4 is 10.6 Å². The molecule has 1 amide bonds. The van der Waals surface area contributed by atoms with Crippen LogP contribution in [0, 0.1) is 10.1 Å². The maximum Gasteiger partial charge on any atom is 0.341 e. The Hall–Kier alpha value is -3.08. The first kappa shape index (κ1) is 20.2. The van der Waals surface area contributed by atoms with E-state index in [1.165, 1.54) is 24.3 Å². The van der Waals surface area contributed by atoms with Gasteiger partial charge in [-0.1, -0.05) is 0 Å². The van der Waals surface area contributed by atoms with E-state index in [1.807, 2.05) is 0 Å². The molecule has 0 saturated heterocycles. The molecule has 0 aromatic heterocycles. The molecule has 0 heterocycles. The number of nitrogens with one attached hydrogen (secondary N) is 2. The molecular formula is C16H15F2N3O5S. The number of nitrogens with zero attached hydrogens (tertiary/aromatic N) is 1. The Morgan fingerprint density at radius 1 is 1.04 bits per heavy atom. The number of hydrogen-bond acceptors (Lipinski definition) is 6. The van der Waals surface area contributed by atoms with Crippen molar-refractivity contribution in [2.75, 3.05) is 18.4 Å². The van der Waals surface area contributed by atoms with Crippen LogP contribution in [0.2, 0.25) is 0 Å². The van der Waals surface area contributed by atoms with Gasteiger partial charge in [0.05, 0.1) is 9.82 Å². The fourth-order valence-electron chi connectivity index (χ4n) is 2.08. The third-order valence-electron chi connectivity index (χ3n) is 3.50. The summed E-state index contributed by atoms with van der Waals surface area (Å²) >= 11 is 0. The highest BCUT2D eigenvalue weighted by Crippen LogP contribution is 2.18. The van der Waals surface area contributed by atoms with Crippen molar-refractivity contribution in [3.8, 4) is 0 Å². The largest absolute Gasteiger partial charge is 0.383 e. The molecule has 2 N–H and O–H groups in total. The van der Waals surface area contributed by atoms with Crippen molar-refractivity contribution in [1.29, 1.82) is 0 Å². The second-order valence-electron chi connectivity index (χ2n) is 5.32. The number of sulfone groups is 1. The monoisotopic (exact) mass is 399 g/mol. The summed E-state index contributed by atoms with van der Waals surface area (Å²) in [6.45, 7) is 0.550. The van der Waals surface area contributed by atoms with Crippen molar-refractivity contribution in [1.82, 2.24) is 5.32 Å². The lowest BCUT2D eigenvalue weighted by Crippen LogP contribution is -2.28. The van der Waals surface area contributed by atoms with Gasteiger partial charge in [0.1, 0.15) is 0 Å². The Bertz CT molecular complexity index is 916. The fraction of sp³-hybridized carbons (Fsp3) is 0.188. The van der Waals surface area contributed by atoms with Crippen molar-refractivity contribution in [2.24, 2.45) is 0 Å². The summed E-state index contributed by atoms with van der Waals surface area (Å²) in [5.74, 6) is -4.02. The van der Waals surface area contributed by atoms with Gasteiger partial charge in [0.15, 0.2) is 0 Å². The summed E-state index contributed by atoms with van der Waals surface area (Å²) < 4.78 is 47.6. The molecule has 0 unspecified atom stereocenters. The summed E-state index contributed by atoms with van der Waals surface area (Å²) in [5, 5.41) is 16.1. The number of carbonyl (C=O) groups excluding carboxylic acids is 1. The molecule has 0 spiro atoms. The number of rotatable bonds is 8. The van der Waals surface area contributed by atoms with Gasteiger partial charge in [-0.15, -0.1) is 0 Å². The minimum Gasteiger partial charge on any atom is -0.383 e. The van der Waals surface area contributed by atoms with E-state index in [-0.39, 0.29) is 17.8 Å². The van der Waals surface area contributed by atoms with Gasteiger partial charge < -0.3 is 10.6 Å². The molecule has 144 valence electrons. The summed E-state index contributed by atoms with van der Waals surface area (Å²) in [5.41, 5.74) is 0.723. The minimum atomic E-state index is -4.70. The van der Waals surface area contributed by atoms with E-state index in [4.69, 9.17) is 0 Å². The predicted octanol–water partition coefficient (Wildman–Crippen LogP) is 2.43. The minimum absolute atomic E-state index is 0.0360. The number of carbonyl (C=O) groups is 1. The Morgan fingerprint density at radius 3 is 2.15 bits per heavy atom. The Balaban J connectivity index is 1.84. The average molecular weight is 399 g/mol. The number of non-ortho nitro benzene ring substituents is 1. The van der Waals surface area contributed by atoms with E-state index in [2.05, 4.69) is 10.6 Å². The molecule has 2 aromatic rings. The first-order valence-electron chi connectivity index (χ1n) is 7.60. The van der Waals surface area contributed by atoms with Gasteiger partial charge in [-0.25, -0.2) is 8.42 Å². The van der Waals surface area contributed by atoms with Gasteiger partial charge in [0.2, 0.25) is 9.84 Å². The zero-order chi connectivity index (χ0) is 20.0. The zero-order valence-corrected chi connectivity index (χ0v) is 14.6.